The largest absolute Gasteiger partial charge is 0.544 e. The quantitative estimate of drug-likeness (QED) is 0.757. The van der Waals surface area contributed by atoms with Crippen molar-refractivity contribution < 1.29 is 18.0 Å². The van der Waals surface area contributed by atoms with Gasteiger partial charge >= 0.3 is 6.36 Å². The number of nitrogens with zero attached hydrogens (tertiary/aromatic N) is 1. The van der Waals surface area contributed by atoms with Gasteiger partial charge in [-0.2, -0.15) is 4.84 Å². The Morgan fingerprint density at radius 1 is 0.722 bits per heavy atom. The van der Waals surface area contributed by atoms with Gasteiger partial charge in [-0.3, -0.25) is 0 Å². The minimum Gasteiger partial charge on any atom is -0.214 e. The van der Waals surface area contributed by atoms with E-state index >= 15 is 0 Å². The maximum absolute atomic E-state index is 12.4. The van der Waals surface area contributed by atoms with Gasteiger partial charge in [0.15, 0.2) is 0 Å². The van der Waals surface area contributed by atoms with Gasteiger partial charge < -0.3 is 0 Å². The van der Waals surface area contributed by atoms with Crippen molar-refractivity contribution >= 4 is 11.4 Å². The second kappa shape index (κ2) is 5.10. The van der Waals surface area contributed by atoms with Crippen LogP contribution in [-0.2, 0) is 4.84 Å². The van der Waals surface area contributed by atoms with Crippen molar-refractivity contribution in [2.45, 2.75) is 6.36 Å². The monoisotopic (exact) mass is 253 g/mol. The molecule has 2 aromatic carbocycles. The first-order valence-electron chi connectivity index (χ1n) is 5.22. The summed E-state index contributed by atoms with van der Waals surface area (Å²) in [6.45, 7) is 0. The molecule has 5 heteroatoms. The molecule has 0 unspecified atom stereocenters. The summed E-state index contributed by atoms with van der Waals surface area (Å²) in [4.78, 5) is 4.04. The van der Waals surface area contributed by atoms with E-state index in [1.807, 2.05) is 0 Å². The number of hydrogen-bond acceptors (Lipinski definition) is 2. The van der Waals surface area contributed by atoms with Gasteiger partial charge in [0, 0.05) is 0 Å². The summed E-state index contributed by atoms with van der Waals surface area (Å²) in [5, 5.41) is 0.750. The van der Waals surface area contributed by atoms with Gasteiger partial charge in [0.2, 0.25) is 0 Å². The number of rotatable bonds is 3. The molecule has 2 rings (SSSR count). The second-order valence-corrected chi connectivity index (χ2v) is 3.50. The molecule has 18 heavy (non-hydrogen) atoms. The Morgan fingerprint density at radius 3 is 1.44 bits per heavy atom. The van der Waals surface area contributed by atoms with E-state index in [2.05, 4.69) is 4.84 Å². The summed E-state index contributed by atoms with van der Waals surface area (Å²) in [5.41, 5.74) is 0.613. The number of anilines is 2. The van der Waals surface area contributed by atoms with Crippen LogP contribution in [0.25, 0.3) is 0 Å². The highest BCUT2D eigenvalue weighted by Crippen LogP contribution is 2.30. The van der Waals surface area contributed by atoms with E-state index in [0.717, 1.165) is 5.06 Å². The maximum Gasteiger partial charge on any atom is 0.544 e. The van der Waals surface area contributed by atoms with Gasteiger partial charge in [-0.15, -0.1) is 13.2 Å². The molecule has 0 saturated carbocycles. The molecule has 0 aliphatic carbocycles. The van der Waals surface area contributed by atoms with Gasteiger partial charge in [0.1, 0.15) is 0 Å². The summed E-state index contributed by atoms with van der Waals surface area (Å²) in [5.74, 6) is 0. The van der Waals surface area contributed by atoms with E-state index in [0.29, 0.717) is 11.4 Å². The standard InChI is InChI=1S/C13H10F3NO/c14-13(15,16)18-17(11-7-3-1-4-8-11)12-9-5-2-6-10-12/h1-10H. The molecular weight excluding hydrogens is 243 g/mol. The Bertz CT molecular complexity index is 445. The zero-order valence-corrected chi connectivity index (χ0v) is 9.26. The zero-order valence-electron chi connectivity index (χ0n) is 9.26. The molecule has 0 bridgehead atoms. The van der Waals surface area contributed by atoms with Crippen LogP contribution >= 0.6 is 0 Å². The normalized spacial score (nSPS) is 11.3. The van der Waals surface area contributed by atoms with Crippen LogP contribution in [0.2, 0.25) is 0 Å². The minimum atomic E-state index is -4.74. The lowest BCUT2D eigenvalue weighted by molar-refractivity contribution is -0.325. The van der Waals surface area contributed by atoms with Gasteiger partial charge in [0.25, 0.3) is 0 Å². The fraction of sp³-hybridized carbons (Fsp3) is 0.0769. The fourth-order valence-electron chi connectivity index (χ4n) is 1.48. The predicted octanol–water partition coefficient (Wildman–Crippen LogP) is 4.28. The molecule has 0 fully saturated rings. The van der Waals surface area contributed by atoms with E-state index in [-0.39, 0.29) is 0 Å². The van der Waals surface area contributed by atoms with Crippen molar-refractivity contribution in [3.8, 4) is 0 Å². The van der Waals surface area contributed by atoms with Crippen LogP contribution < -0.4 is 5.06 Å². The number of benzene rings is 2. The lowest BCUT2D eigenvalue weighted by Gasteiger charge is -2.24. The summed E-state index contributed by atoms with van der Waals surface area (Å²) >= 11 is 0. The van der Waals surface area contributed by atoms with Crippen LogP contribution in [0.15, 0.2) is 60.7 Å². The Hall–Kier alpha value is -2.01. The van der Waals surface area contributed by atoms with Gasteiger partial charge in [-0.25, -0.2) is 5.06 Å². The molecule has 0 amide bonds. The van der Waals surface area contributed by atoms with Crippen molar-refractivity contribution in [1.29, 1.82) is 0 Å². The lowest BCUT2D eigenvalue weighted by Crippen LogP contribution is -2.27. The minimum absolute atomic E-state index is 0.307. The molecule has 0 atom stereocenters. The number of hydrogen-bond donors (Lipinski definition) is 0. The third-order valence-electron chi connectivity index (χ3n) is 2.18. The van der Waals surface area contributed by atoms with E-state index in [4.69, 9.17) is 0 Å². The van der Waals surface area contributed by atoms with Crippen molar-refractivity contribution in [2.75, 3.05) is 5.06 Å². The average Bonchev–Trinajstić information content (AvgIpc) is 2.37. The van der Waals surface area contributed by atoms with E-state index < -0.39 is 6.36 Å². The van der Waals surface area contributed by atoms with Crippen LogP contribution in [0, 0.1) is 0 Å². The predicted molar refractivity (Wildman–Crippen MR) is 62.2 cm³/mol. The summed E-state index contributed by atoms with van der Waals surface area (Å²) in [7, 11) is 0. The Kier molecular flexibility index (Phi) is 3.53. The SMILES string of the molecule is FC(F)(F)ON(c1ccccc1)c1ccccc1. The number of alkyl halides is 3. The Morgan fingerprint density at radius 2 is 1.11 bits per heavy atom. The molecule has 0 radical (unpaired) electrons. The highest BCUT2D eigenvalue weighted by Gasteiger charge is 2.34. The van der Waals surface area contributed by atoms with Gasteiger partial charge in [-0.1, -0.05) is 36.4 Å². The zero-order chi connectivity index (χ0) is 13.0. The van der Waals surface area contributed by atoms with Crippen LogP contribution in [0.1, 0.15) is 0 Å². The Balaban J connectivity index is 2.36. The fourth-order valence-corrected chi connectivity index (χ4v) is 1.48. The van der Waals surface area contributed by atoms with E-state index in [9.17, 15) is 13.2 Å². The van der Waals surface area contributed by atoms with Gasteiger partial charge in [0.05, 0.1) is 11.4 Å². The highest BCUT2D eigenvalue weighted by molar-refractivity contribution is 5.59. The van der Waals surface area contributed by atoms with Crippen LogP contribution in [-0.4, -0.2) is 6.36 Å². The molecule has 2 nitrogen and oxygen atoms in total. The van der Waals surface area contributed by atoms with Crippen LogP contribution in [0.5, 0.6) is 0 Å². The summed E-state index contributed by atoms with van der Waals surface area (Å²) < 4.78 is 37.2. The van der Waals surface area contributed by atoms with Gasteiger partial charge in [-0.05, 0) is 24.3 Å². The summed E-state index contributed by atoms with van der Waals surface area (Å²) in [6, 6.07) is 16.2. The van der Waals surface area contributed by atoms with Crippen molar-refractivity contribution in [2.24, 2.45) is 0 Å². The molecule has 0 aromatic heterocycles. The lowest BCUT2D eigenvalue weighted by atomic mass is 10.2. The molecule has 0 aliphatic rings. The molecule has 94 valence electrons. The van der Waals surface area contributed by atoms with E-state index in [1.54, 1.807) is 60.7 Å². The molecular formula is C13H10F3NO. The second-order valence-electron chi connectivity index (χ2n) is 3.50. The number of halogens is 3. The van der Waals surface area contributed by atoms with Crippen molar-refractivity contribution in [1.82, 2.24) is 0 Å². The first-order valence-corrected chi connectivity index (χ1v) is 5.22. The smallest absolute Gasteiger partial charge is 0.214 e. The van der Waals surface area contributed by atoms with E-state index in [1.165, 1.54) is 0 Å². The van der Waals surface area contributed by atoms with Crippen LogP contribution in [0.4, 0.5) is 24.5 Å². The first-order chi connectivity index (χ1) is 8.56. The van der Waals surface area contributed by atoms with Crippen molar-refractivity contribution in [3.63, 3.8) is 0 Å². The topological polar surface area (TPSA) is 12.5 Å². The average molecular weight is 253 g/mol. The third kappa shape index (κ3) is 3.24. The maximum atomic E-state index is 12.4. The Labute approximate surface area is 102 Å². The molecule has 0 heterocycles. The molecule has 0 aliphatic heterocycles. The molecule has 2 aromatic rings. The first kappa shape index (κ1) is 12.4. The number of para-hydroxylation sites is 2. The van der Waals surface area contributed by atoms with Crippen molar-refractivity contribution in [3.05, 3.63) is 60.7 Å². The van der Waals surface area contributed by atoms with Crippen LogP contribution in [0.3, 0.4) is 0 Å². The molecule has 0 saturated heterocycles. The molecule has 0 spiro atoms. The molecule has 0 N–H and O–H groups in total. The highest BCUT2D eigenvalue weighted by atomic mass is 19.4. The summed E-state index contributed by atoms with van der Waals surface area (Å²) in [6.07, 6.45) is -4.74. The third-order valence-corrected chi connectivity index (χ3v) is 2.18.